The molecule has 2 aromatic carbocycles. The van der Waals surface area contributed by atoms with Crippen LogP contribution in [0.5, 0.6) is 0 Å². The van der Waals surface area contributed by atoms with Crippen molar-refractivity contribution in [1.29, 1.82) is 0 Å². The summed E-state index contributed by atoms with van der Waals surface area (Å²) in [4.78, 5) is 12.8. The fraction of sp³-hybridized carbons (Fsp3) is 0.375. The zero-order valence-electron chi connectivity index (χ0n) is 18.7. The number of aromatic nitrogens is 2. The van der Waals surface area contributed by atoms with E-state index in [0.717, 1.165) is 36.8 Å². The molecule has 1 aliphatic heterocycles. The van der Waals surface area contributed by atoms with Gasteiger partial charge in [0, 0.05) is 18.7 Å². The second-order valence-corrected chi connectivity index (χ2v) is 10.1. The Morgan fingerprint density at radius 2 is 1.76 bits per heavy atom. The minimum atomic E-state index is -3.67. The Bertz CT molecular complexity index is 1230. The molecule has 0 N–H and O–H groups in total. The van der Waals surface area contributed by atoms with Crippen molar-refractivity contribution in [3.63, 3.8) is 0 Å². The third-order valence-electron chi connectivity index (χ3n) is 5.61. The summed E-state index contributed by atoms with van der Waals surface area (Å²) >= 11 is 0. The minimum absolute atomic E-state index is 0.0889. The highest BCUT2D eigenvalue weighted by Crippen LogP contribution is 2.25. The number of hydrogen-bond donors (Lipinski definition) is 0. The highest BCUT2D eigenvalue weighted by Gasteiger charge is 2.27. The van der Waals surface area contributed by atoms with Crippen molar-refractivity contribution in [2.75, 3.05) is 13.1 Å². The molecule has 174 valence electrons. The predicted octanol–water partition coefficient (Wildman–Crippen LogP) is 4.53. The summed E-state index contributed by atoms with van der Waals surface area (Å²) in [7, 11) is -3.67. The van der Waals surface area contributed by atoms with Gasteiger partial charge >= 0.3 is 5.97 Å². The summed E-state index contributed by atoms with van der Waals surface area (Å²) in [5.41, 5.74) is 1.98. The SMILES string of the molecule is Cc1cccc(-c2nnc(C(C)OC(=O)c3cccc(S(=O)(=O)N4CCCCCC4)c3)o2)c1. The Morgan fingerprint density at radius 1 is 1.03 bits per heavy atom. The first-order valence-corrected chi connectivity index (χ1v) is 12.5. The smallest absolute Gasteiger partial charge is 0.338 e. The maximum Gasteiger partial charge on any atom is 0.338 e. The van der Waals surface area contributed by atoms with Gasteiger partial charge in [0.2, 0.25) is 15.9 Å². The summed E-state index contributed by atoms with van der Waals surface area (Å²) in [6.45, 7) is 4.58. The van der Waals surface area contributed by atoms with E-state index < -0.39 is 22.1 Å². The van der Waals surface area contributed by atoms with Crippen LogP contribution in [0, 0.1) is 6.92 Å². The van der Waals surface area contributed by atoms with Crippen molar-refractivity contribution in [3.05, 3.63) is 65.5 Å². The van der Waals surface area contributed by atoms with Crippen LogP contribution in [0.2, 0.25) is 0 Å². The van der Waals surface area contributed by atoms with Crippen molar-refractivity contribution in [2.45, 2.75) is 50.5 Å². The van der Waals surface area contributed by atoms with E-state index in [-0.39, 0.29) is 16.3 Å². The summed E-state index contributed by atoms with van der Waals surface area (Å²) < 4.78 is 38.8. The molecule has 0 spiro atoms. The van der Waals surface area contributed by atoms with E-state index in [2.05, 4.69) is 10.2 Å². The molecule has 1 aromatic heterocycles. The molecule has 0 amide bonds. The molecule has 0 bridgehead atoms. The van der Waals surface area contributed by atoms with Crippen molar-refractivity contribution >= 4 is 16.0 Å². The van der Waals surface area contributed by atoms with E-state index in [1.54, 1.807) is 13.0 Å². The molecule has 2 heterocycles. The summed E-state index contributed by atoms with van der Waals surface area (Å²) in [6.07, 6.45) is 2.93. The molecule has 33 heavy (non-hydrogen) atoms. The van der Waals surface area contributed by atoms with Gasteiger partial charge in [-0.15, -0.1) is 10.2 Å². The summed E-state index contributed by atoms with van der Waals surface area (Å²) in [6, 6.07) is 13.6. The van der Waals surface area contributed by atoms with Gasteiger partial charge < -0.3 is 9.15 Å². The standard InChI is InChI=1S/C24H27N3O5S/c1-17-9-7-10-19(15-17)23-26-25-22(32-23)18(2)31-24(28)20-11-8-12-21(16-20)33(29,30)27-13-5-3-4-6-14-27/h7-12,15-16,18H,3-6,13-14H2,1-2H3. The Kier molecular flexibility index (Phi) is 6.90. The Balaban J connectivity index is 1.48. The molecule has 4 rings (SSSR count). The lowest BCUT2D eigenvalue weighted by molar-refractivity contribution is 0.0279. The number of aryl methyl sites for hydroxylation is 1. The van der Waals surface area contributed by atoms with E-state index in [1.807, 2.05) is 31.2 Å². The number of rotatable bonds is 6. The molecule has 0 radical (unpaired) electrons. The number of carbonyl (C=O) groups is 1. The molecular formula is C24H27N3O5S. The van der Waals surface area contributed by atoms with Gasteiger partial charge in [-0.05, 0) is 57.0 Å². The molecule has 0 saturated carbocycles. The monoisotopic (exact) mass is 469 g/mol. The molecule has 1 fully saturated rings. The number of nitrogens with zero attached hydrogens (tertiary/aromatic N) is 3. The normalized spacial score (nSPS) is 16.2. The lowest BCUT2D eigenvalue weighted by Crippen LogP contribution is -2.32. The van der Waals surface area contributed by atoms with Gasteiger partial charge in [0.15, 0.2) is 6.10 Å². The van der Waals surface area contributed by atoms with Gasteiger partial charge in [0.25, 0.3) is 5.89 Å². The number of carbonyl (C=O) groups excluding carboxylic acids is 1. The van der Waals surface area contributed by atoms with Gasteiger partial charge in [-0.2, -0.15) is 4.31 Å². The average molecular weight is 470 g/mol. The first-order valence-electron chi connectivity index (χ1n) is 11.1. The Labute approximate surface area is 193 Å². The lowest BCUT2D eigenvalue weighted by atomic mass is 10.1. The van der Waals surface area contributed by atoms with Crippen LogP contribution in [0.1, 0.15) is 60.5 Å². The maximum atomic E-state index is 13.1. The van der Waals surface area contributed by atoms with Crippen LogP contribution < -0.4 is 0 Å². The van der Waals surface area contributed by atoms with Gasteiger partial charge in [-0.25, -0.2) is 13.2 Å². The zero-order valence-corrected chi connectivity index (χ0v) is 19.5. The number of benzene rings is 2. The first-order chi connectivity index (χ1) is 15.8. The maximum absolute atomic E-state index is 13.1. The Morgan fingerprint density at radius 3 is 2.48 bits per heavy atom. The fourth-order valence-electron chi connectivity index (χ4n) is 3.79. The molecule has 0 aliphatic carbocycles. The van der Waals surface area contributed by atoms with Crippen LogP contribution in [0.25, 0.3) is 11.5 Å². The predicted molar refractivity (Wildman–Crippen MR) is 122 cm³/mol. The van der Waals surface area contributed by atoms with Gasteiger partial charge in [-0.3, -0.25) is 0 Å². The minimum Gasteiger partial charge on any atom is -0.449 e. The second-order valence-electron chi connectivity index (χ2n) is 8.21. The highest BCUT2D eigenvalue weighted by molar-refractivity contribution is 7.89. The molecular weight excluding hydrogens is 442 g/mol. The van der Waals surface area contributed by atoms with Crippen LogP contribution in [0.15, 0.2) is 57.8 Å². The highest BCUT2D eigenvalue weighted by atomic mass is 32.2. The van der Waals surface area contributed by atoms with Crippen LogP contribution >= 0.6 is 0 Å². The van der Waals surface area contributed by atoms with Crippen LogP contribution in [-0.4, -0.2) is 42.0 Å². The number of esters is 1. The fourth-order valence-corrected chi connectivity index (χ4v) is 5.35. The second kappa shape index (κ2) is 9.84. The summed E-state index contributed by atoms with van der Waals surface area (Å²) in [5.74, 6) is -0.166. The number of sulfonamides is 1. The molecule has 1 unspecified atom stereocenters. The molecule has 3 aromatic rings. The quantitative estimate of drug-likeness (QED) is 0.489. The number of ether oxygens (including phenoxy) is 1. The molecule has 8 nitrogen and oxygen atoms in total. The Hall–Kier alpha value is -3.04. The molecule has 1 saturated heterocycles. The topological polar surface area (TPSA) is 103 Å². The van der Waals surface area contributed by atoms with Crippen molar-refractivity contribution in [3.8, 4) is 11.5 Å². The van der Waals surface area contributed by atoms with E-state index >= 15 is 0 Å². The van der Waals surface area contributed by atoms with Crippen molar-refractivity contribution in [1.82, 2.24) is 14.5 Å². The van der Waals surface area contributed by atoms with Crippen LogP contribution in [0.4, 0.5) is 0 Å². The zero-order chi connectivity index (χ0) is 23.4. The van der Waals surface area contributed by atoms with Crippen LogP contribution in [0.3, 0.4) is 0 Å². The summed E-state index contributed by atoms with van der Waals surface area (Å²) in [5, 5.41) is 8.04. The first kappa shape index (κ1) is 23.1. The van der Waals surface area contributed by atoms with Crippen LogP contribution in [-0.2, 0) is 14.8 Å². The van der Waals surface area contributed by atoms with Gasteiger partial charge in [-0.1, -0.05) is 36.6 Å². The molecule has 1 aliphatic rings. The molecule has 1 atom stereocenters. The third kappa shape index (κ3) is 5.31. The van der Waals surface area contributed by atoms with Gasteiger partial charge in [0.1, 0.15) is 0 Å². The third-order valence-corrected chi connectivity index (χ3v) is 7.50. The lowest BCUT2D eigenvalue weighted by Gasteiger charge is -2.20. The van der Waals surface area contributed by atoms with E-state index in [0.29, 0.717) is 19.0 Å². The largest absolute Gasteiger partial charge is 0.449 e. The average Bonchev–Trinajstić information content (AvgIpc) is 3.14. The van der Waals surface area contributed by atoms with Crippen molar-refractivity contribution < 1.29 is 22.4 Å². The number of hydrogen-bond acceptors (Lipinski definition) is 7. The molecule has 9 heteroatoms. The van der Waals surface area contributed by atoms with E-state index in [9.17, 15) is 13.2 Å². The van der Waals surface area contributed by atoms with Gasteiger partial charge in [0.05, 0.1) is 10.5 Å². The van der Waals surface area contributed by atoms with E-state index in [1.165, 1.54) is 22.5 Å². The van der Waals surface area contributed by atoms with Crippen molar-refractivity contribution in [2.24, 2.45) is 0 Å². The van der Waals surface area contributed by atoms with E-state index in [4.69, 9.17) is 9.15 Å².